The van der Waals surface area contributed by atoms with E-state index < -0.39 is 0 Å². The van der Waals surface area contributed by atoms with Crippen molar-refractivity contribution in [2.24, 2.45) is 4.99 Å². The lowest BCUT2D eigenvalue weighted by Gasteiger charge is -2.39. The third kappa shape index (κ3) is 6.93. The van der Waals surface area contributed by atoms with E-state index in [1.54, 1.807) is 0 Å². The van der Waals surface area contributed by atoms with Crippen molar-refractivity contribution in [2.75, 3.05) is 19.6 Å². The summed E-state index contributed by atoms with van der Waals surface area (Å²) in [6.07, 6.45) is 9.43. The number of piperidine rings is 1. The summed E-state index contributed by atoms with van der Waals surface area (Å²) in [5.74, 6) is 0.901. The van der Waals surface area contributed by atoms with Gasteiger partial charge in [0.1, 0.15) is 0 Å². The topological polar surface area (TPSA) is 63.5 Å². The second-order valence-corrected chi connectivity index (χ2v) is 7.75. The lowest BCUT2D eigenvalue weighted by atomic mass is 9.92. The molecule has 1 saturated heterocycles. The van der Waals surface area contributed by atoms with Gasteiger partial charge in [0.05, 0.1) is 18.2 Å². The first-order valence-corrected chi connectivity index (χ1v) is 10.6. The first kappa shape index (κ1) is 23.0. The highest BCUT2D eigenvalue weighted by Crippen LogP contribution is 2.25. The molecule has 154 valence electrons. The smallest absolute Gasteiger partial charge is 0.191 e. The van der Waals surface area contributed by atoms with E-state index >= 15 is 0 Å². The largest absolute Gasteiger partial charge is 0.357 e. The molecule has 1 heterocycles. The number of guanidine groups is 1. The number of hydrogen-bond acceptors (Lipinski definition) is 3. The van der Waals surface area contributed by atoms with Gasteiger partial charge in [-0.2, -0.15) is 5.26 Å². The van der Waals surface area contributed by atoms with E-state index in [9.17, 15) is 0 Å². The molecule has 1 saturated carbocycles. The van der Waals surface area contributed by atoms with Crippen LogP contribution in [0.5, 0.6) is 0 Å². The van der Waals surface area contributed by atoms with Gasteiger partial charge in [-0.3, -0.25) is 0 Å². The summed E-state index contributed by atoms with van der Waals surface area (Å²) in [6.45, 7) is 6.00. The minimum Gasteiger partial charge on any atom is -0.357 e. The van der Waals surface area contributed by atoms with Crippen LogP contribution in [0.2, 0.25) is 0 Å². The van der Waals surface area contributed by atoms with Gasteiger partial charge in [0.15, 0.2) is 5.96 Å². The minimum atomic E-state index is 0. The lowest BCUT2D eigenvalue weighted by Crippen LogP contribution is -2.50. The SMILES string of the molecule is CCNC(=NCc1ccc(C#N)cc1)NC1CCN(C2CCCCC2)CC1.I. The molecule has 28 heavy (non-hydrogen) atoms. The minimum absolute atomic E-state index is 0. The maximum absolute atomic E-state index is 8.90. The standard InChI is InChI=1S/C22H33N5.HI/c1-2-24-22(25-17-19-10-8-18(16-23)9-11-19)26-20-12-14-27(15-13-20)21-6-4-3-5-7-21;/h8-11,20-21H,2-7,12-15,17H2,1H3,(H2,24,25,26);1H. The molecule has 0 amide bonds. The van der Waals surface area contributed by atoms with E-state index in [0.717, 1.165) is 24.1 Å². The number of rotatable bonds is 5. The van der Waals surface area contributed by atoms with Gasteiger partial charge in [-0.15, -0.1) is 24.0 Å². The van der Waals surface area contributed by atoms with Crippen LogP contribution in [0.4, 0.5) is 0 Å². The molecule has 1 aliphatic carbocycles. The highest BCUT2D eigenvalue weighted by molar-refractivity contribution is 14.0. The zero-order valence-electron chi connectivity index (χ0n) is 17.0. The highest BCUT2D eigenvalue weighted by atomic mass is 127. The number of hydrogen-bond donors (Lipinski definition) is 2. The van der Waals surface area contributed by atoms with Crippen molar-refractivity contribution in [3.8, 4) is 6.07 Å². The van der Waals surface area contributed by atoms with Gasteiger partial charge in [-0.1, -0.05) is 31.4 Å². The molecule has 0 atom stereocenters. The van der Waals surface area contributed by atoms with Crippen LogP contribution in [-0.2, 0) is 6.54 Å². The van der Waals surface area contributed by atoms with Gasteiger partial charge in [-0.25, -0.2) is 4.99 Å². The van der Waals surface area contributed by atoms with E-state index in [2.05, 4.69) is 28.5 Å². The van der Waals surface area contributed by atoms with E-state index in [0.29, 0.717) is 18.2 Å². The predicted octanol–water partition coefficient (Wildman–Crippen LogP) is 4.03. The maximum atomic E-state index is 8.90. The fourth-order valence-corrected chi connectivity index (χ4v) is 4.22. The first-order chi connectivity index (χ1) is 13.3. The Morgan fingerprint density at radius 1 is 1.11 bits per heavy atom. The third-order valence-electron chi connectivity index (χ3n) is 5.81. The molecule has 0 spiro atoms. The summed E-state index contributed by atoms with van der Waals surface area (Å²) < 4.78 is 0. The van der Waals surface area contributed by atoms with Crippen LogP contribution in [-0.4, -0.2) is 42.6 Å². The molecular weight excluding hydrogens is 461 g/mol. The van der Waals surface area contributed by atoms with Gasteiger partial charge in [0, 0.05) is 31.7 Å². The molecule has 2 aliphatic rings. The first-order valence-electron chi connectivity index (χ1n) is 10.6. The van der Waals surface area contributed by atoms with Crippen molar-refractivity contribution < 1.29 is 0 Å². The van der Waals surface area contributed by atoms with Crippen LogP contribution >= 0.6 is 24.0 Å². The fourth-order valence-electron chi connectivity index (χ4n) is 4.22. The highest BCUT2D eigenvalue weighted by Gasteiger charge is 2.26. The van der Waals surface area contributed by atoms with E-state index in [1.165, 1.54) is 58.0 Å². The van der Waals surface area contributed by atoms with Crippen molar-refractivity contribution in [3.63, 3.8) is 0 Å². The second-order valence-electron chi connectivity index (χ2n) is 7.75. The molecule has 6 heteroatoms. The van der Waals surface area contributed by atoms with Crippen LogP contribution in [0.15, 0.2) is 29.3 Å². The second kappa shape index (κ2) is 12.3. The number of likely N-dealkylation sites (tertiary alicyclic amines) is 1. The van der Waals surface area contributed by atoms with Crippen LogP contribution in [0.25, 0.3) is 0 Å². The van der Waals surface area contributed by atoms with Gasteiger partial charge >= 0.3 is 0 Å². The summed E-state index contributed by atoms with van der Waals surface area (Å²) in [4.78, 5) is 7.46. The molecule has 1 aliphatic heterocycles. The van der Waals surface area contributed by atoms with Crippen molar-refractivity contribution in [2.45, 2.75) is 70.5 Å². The Morgan fingerprint density at radius 2 is 1.79 bits per heavy atom. The van der Waals surface area contributed by atoms with E-state index in [4.69, 9.17) is 10.3 Å². The number of nitriles is 1. The van der Waals surface area contributed by atoms with Gasteiger partial charge < -0.3 is 15.5 Å². The summed E-state index contributed by atoms with van der Waals surface area (Å²) in [5, 5.41) is 15.9. The van der Waals surface area contributed by atoms with Crippen molar-refractivity contribution in [3.05, 3.63) is 35.4 Å². The predicted molar refractivity (Wildman–Crippen MR) is 126 cm³/mol. The Bertz CT molecular complexity index is 638. The number of halogens is 1. The number of nitrogens with one attached hydrogen (secondary N) is 2. The third-order valence-corrected chi connectivity index (χ3v) is 5.81. The molecule has 0 unspecified atom stereocenters. The van der Waals surface area contributed by atoms with Crippen LogP contribution in [0, 0.1) is 11.3 Å². The lowest BCUT2D eigenvalue weighted by molar-refractivity contribution is 0.119. The van der Waals surface area contributed by atoms with Crippen LogP contribution in [0.3, 0.4) is 0 Å². The Balaban J connectivity index is 0.00000280. The number of aliphatic imine (C=N–C) groups is 1. The summed E-state index contributed by atoms with van der Waals surface area (Å²) in [6, 6.07) is 11.2. The van der Waals surface area contributed by atoms with Gasteiger partial charge in [-0.05, 0) is 50.3 Å². The molecule has 0 aromatic heterocycles. The zero-order valence-corrected chi connectivity index (χ0v) is 19.3. The quantitative estimate of drug-likeness (QED) is 0.368. The van der Waals surface area contributed by atoms with E-state index in [1.807, 2.05) is 24.3 Å². The van der Waals surface area contributed by atoms with Crippen molar-refractivity contribution in [1.29, 1.82) is 5.26 Å². The summed E-state index contributed by atoms with van der Waals surface area (Å²) in [5.41, 5.74) is 1.82. The molecule has 3 rings (SSSR count). The molecular formula is C22H34IN5. The van der Waals surface area contributed by atoms with Crippen molar-refractivity contribution in [1.82, 2.24) is 15.5 Å². The molecule has 0 radical (unpaired) electrons. The Morgan fingerprint density at radius 3 is 2.39 bits per heavy atom. The summed E-state index contributed by atoms with van der Waals surface area (Å²) in [7, 11) is 0. The molecule has 2 fully saturated rings. The van der Waals surface area contributed by atoms with Gasteiger partial charge in [0.25, 0.3) is 0 Å². The van der Waals surface area contributed by atoms with Gasteiger partial charge in [0.2, 0.25) is 0 Å². The number of benzene rings is 1. The maximum Gasteiger partial charge on any atom is 0.191 e. The Labute approximate surface area is 187 Å². The monoisotopic (exact) mass is 495 g/mol. The molecule has 1 aromatic carbocycles. The zero-order chi connectivity index (χ0) is 18.9. The average Bonchev–Trinajstić information content (AvgIpc) is 2.74. The molecule has 0 bridgehead atoms. The van der Waals surface area contributed by atoms with Crippen LogP contribution in [0.1, 0.15) is 63.0 Å². The van der Waals surface area contributed by atoms with Crippen molar-refractivity contribution >= 4 is 29.9 Å². The van der Waals surface area contributed by atoms with E-state index in [-0.39, 0.29) is 24.0 Å². The molecule has 5 nitrogen and oxygen atoms in total. The molecule has 1 aromatic rings. The number of nitrogens with zero attached hydrogens (tertiary/aromatic N) is 3. The molecule has 2 N–H and O–H groups in total. The Kier molecular flexibility index (Phi) is 10.1. The normalized spacial score (nSPS) is 19.5. The fraction of sp³-hybridized carbons (Fsp3) is 0.636. The average molecular weight is 495 g/mol. The Hall–Kier alpha value is -1.33. The summed E-state index contributed by atoms with van der Waals surface area (Å²) >= 11 is 0. The van der Waals surface area contributed by atoms with Crippen LogP contribution < -0.4 is 10.6 Å².